The molecular weight excluding hydrogens is 467 g/mol. The Bertz CT molecular complexity index is 1150. The third kappa shape index (κ3) is 2.88. The van der Waals surface area contributed by atoms with E-state index in [9.17, 15) is 0 Å². The minimum atomic E-state index is -0.531. The summed E-state index contributed by atoms with van der Waals surface area (Å²) in [5.74, 6) is 0. The molecule has 3 heteroatoms. The van der Waals surface area contributed by atoms with Gasteiger partial charge in [0.15, 0.2) is 3.83 Å². The fourth-order valence-electron chi connectivity index (χ4n) is 4.24. The van der Waals surface area contributed by atoms with Crippen molar-refractivity contribution in [1.82, 2.24) is 9.55 Å². The van der Waals surface area contributed by atoms with Crippen molar-refractivity contribution in [1.29, 1.82) is 0 Å². The largest absolute Gasteiger partial charge is 0.301 e. The second kappa shape index (κ2) is 7.48. The Hall–Kier alpha value is -2.92. The van der Waals surface area contributed by atoms with Crippen molar-refractivity contribution < 1.29 is 0 Å². The second-order valence-corrected chi connectivity index (χ2v) is 7.98. The van der Waals surface area contributed by atoms with Crippen LogP contribution in [0.5, 0.6) is 0 Å². The lowest BCUT2D eigenvalue weighted by Gasteiger charge is -2.38. The fourth-order valence-corrected chi connectivity index (χ4v) is 5.12. The second-order valence-electron chi connectivity index (χ2n) is 7.01. The number of aromatic nitrogens is 2. The molecule has 140 valence electrons. The molecule has 5 aromatic rings. The number of para-hydroxylation sites is 2. The van der Waals surface area contributed by atoms with Crippen molar-refractivity contribution in [2.24, 2.45) is 0 Å². The van der Waals surface area contributed by atoms with Crippen molar-refractivity contribution >= 4 is 33.6 Å². The predicted molar refractivity (Wildman–Crippen MR) is 127 cm³/mol. The van der Waals surface area contributed by atoms with Gasteiger partial charge in [-0.15, -0.1) is 0 Å². The summed E-state index contributed by atoms with van der Waals surface area (Å²) < 4.78 is 3.34. The van der Waals surface area contributed by atoms with E-state index < -0.39 is 5.54 Å². The van der Waals surface area contributed by atoms with Gasteiger partial charge in [0.05, 0.1) is 11.0 Å². The molecule has 0 fully saturated rings. The van der Waals surface area contributed by atoms with Crippen LogP contribution in [0.25, 0.3) is 11.0 Å². The Labute approximate surface area is 184 Å². The molecule has 0 spiro atoms. The summed E-state index contributed by atoms with van der Waals surface area (Å²) in [5, 5.41) is 0. The van der Waals surface area contributed by atoms with E-state index in [-0.39, 0.29) is 0 Å². The standard InChI is InChI=1S/C26H19IN2/c27-25-28-23-18-10-11-19-24(23)29(25)26(20-12-4-1-5-13-20,21-14-6-2-7-15-21)22-16-8-3-9-17-22/h1-19H. The summed E-state index contributed by atoms with van der Waals surface area (Å²) in [6.07, 6.45) is 0. The van der Waals surface area contributed by atoms with Crippen LogP contribution in [0.2, 0.25) is 0 Å². The molecule has 0 aliphatic carbocycles. The molecule has 1 aromatic heterocycles. The van der Waals surface area contributed by atoms with Crippen LogP contribution in [-0.2, 0) is 5.54 Å². The maximum Gasteiger partial charge on any atom is 0.173 e. The molecule has 2 nitrogen and oxygen atoms in total. The number of hydrogen-bond acceptors (Lipinski definition) is 1. The van der Waals surface area contributed by atoms with Crippen LogP contribution in [0.4, 0.5) is 0 Å². The van der Waals surface area contributed by atoms with Gasteiger partial charge in [0.2, 0.25) is 0 Å². The highest BCUT2D eigenvalue weighted by atomic mass is 127. The van der Waals surface area contributed by atoms with Gasteiger partial charge in [0, 0.05) is 22.6 Å². The average molecular weight is 486 g/mol. The molecular formula is C26H19IN2. The number of benzene rings is 4. The van der Waals surface area contributed by atoms with Crippen LogP contribution in [0.15, 0.2) is 115 Å². The van der Waals surface area contributed by atoms with Gasteiger partial charge in [0.1, 0.15) is 5.54 Å². The smallest absolute Gasteiger partial charge is 0.173 e. The van der Waals surface area contributed by atoms with Gasteiger partial charge in [-0.1, -0.05) is 103 Å². The van der Waals surface area contributed by atoms with E-state index in [0.29, 0.717) is 0 Å². The number of imidazole rings is 1. The zero-order valence-electron chi connectivity index (χ0n) is 15.7. The van der Waals surface area contributed by atoms with E-state index in [2.05, 4.69) is 136 Å². The number of rotatable bonds is 4. The van der Waals surface area contributed by atoms with E-state index in [1.54, 1.807) is 0 Å². The zero-order chi connectivity index (χ0) is 19.7. The van der Waals surface area contributed by atoms with Gasteiger partial charge in [0.25, 0.3) is 0 Å². The summed E-state index contributed by atoms with van der Waals surface area (Å²) in [5.41, 5.74) is 5.21. The van der Waals surface area contributed by atoms with E-state index in [1.807, 2.05) is 6.07 Å². The quantitative estimate of drug-likeness (QED) is 0.210. The molecule has 0 saturated carbocycles. The third-order valence-corrected chi connectivity index (χ3v) is 6.15. The van der Waals surface area contributed by atoms with E-state index in [0.717, 1.165) is 14.9 Å². The Morgan fingerprint density at radius 2 is 0.966 bits per heavy atom. The SMILES string of the molecule is Ic1nc2ccccc2n1C(c1ccccc1)(c1ccccc1)c1ccccc1. The van der Waals surface area contributed by atoms with Crippen LogP contribution in [0, 0.1) is 3.83 Å². The van der Waals surface area contributed by atoms with Crippen molar-refractivity contribution in [3.05, 3.63) is 136 Å². The molecule has 4 aromatic carbocycles. The summed E-state index contributed by atoms with van der Waals surface area (Å²) in [4.78, 5) is 4.91. The van der Waals surface area contributed by atoms with Crippen molar-refractivity contribution in [3.8, 4) is 0 Å². The van der Waals surface area contributed by atoms with Crippen LogP contribution in [-0.4, -0.2) is 9.55 Å². The monoisotopic (exact) mass is 486 g/mol. The number of fused-ring (bicyclic) bond motifs is 1. The Balaban J connectivity index is 2.00. The van der Waals surface area contributed by atoms with Gasteiger partial charge in [-0.05, 0) is 28.8 Å². The molecule has 0 bridgehead atoms. The van der Waals surface area contributed by atoms with Gasteiger partial charge in [-0.3, -0.25) is 0 Å². The Morgan fingerprint density at radius 1 is 0.552 bits per heavy atom. The Kier molecular flexibility index (Phi) is 4.68. The molecule has 0 saturated heterocycles. The third-order valence-electron chi connectivity index (χ3n) is 5.43. The molecule has 0 amide bonds. The van der Waals surface area contributed by atoms with Gasteiger partial charge < -0.3 is 4.57 Å². The summed E-state index contributed by atoms with van der Waals surface area (Å²) >= 11 is 2.37. The molecule has 29 heavy (non-hydrogen) atoms. The first kappa shape index (κ1) is 18.1. The minimum absolute atomic E-state index is 0.531. The number of hydrogen-bond donors (Lipinski definition) is 0. The van der Waals surface area contributed by atoms with Crippen molar-refractivity contribution in [2.75, 3.05) is 0 Å². The van der Waals surface area contributed by atoms with E-state index >= 15 is 0 Å². The summed E-state index contributed by atoms with van der Waals surface area (Å²) in [6, 6.07) is 40.5. The lowest BCUT2D eigenvalue weighted by atomic mass is 9.76. The number of nitrogens with zero attached hydrogens (tertiary/aromatic N) is 2. The highest BCUT2D eigenvalue weighted by Gasteiger charge is 2.40. The lowest BCUT2D eigenvalue weighted by molar-refractivity contribution is 0.518. The van der Waals surface area contributed by atoms with Gasteiger partial charge in [-0.2, -0.15) is 0 Å². The highest BCUT2D eigenvalue weighted by Crippen LogP contribution is 2.43. The highest BCUT2D eigenvalue weighted by molar-refractivity contribution is 14.1. The van der Waals surface area contributed by atoms with Gasteiger partial charge >= 0.3 is 0 Å². The fraction of sp³-hybridized carbons (Fsp3) is 0.0385. The molecule has 0 N–H and O–H groups in total. The lowest BCUT2D eigenvalue weighted by Crippen LogP contribution is -2.38. The molecule has 1 heterocycles. The van der Waals surface area contributed by atoms with Crippen LogP contribution in [0.3, 0.4) is 0 Å². The van der Waals surface area contributed by atoms with Crippen molar-refractivity contribution in [2.45, 2.75) is 5.54 Å². The topological polar surface area (TPSA) is 17.8 Å². The Morgan fingerprint density at radius 3 is 1.45 bits per heavy atom. The minimum Gasteiger partial charge on any atom is -0.301 e. The molecule has 5 rings (SSSR count). The maximum atomic E-state index is 4.91. The van der Waals surface area contributed by atoms with Crippen molar-refractivity contribution in [3.63, 3.8) is 0 Å². The van der Waals surface area contributed by atoms with Crippen LogP contribution < -0.4 is 0 Å². The molecule has 0 atom stereocenters. The first-order valence-electron chi connectivity index (χ1n) is 9.62. The normalized spacial score (nSPS) is 11.6. The first-order chi connectivity index (χ1) is 14.3. The maximum absolute atomic E-state index is 4.91. The van der Waals surface area contributed by atoms with Gasteiger partial charge in [-0.25, -0.2) is 4.98 Å². The number of halogens is 1. The van der Waals surface area contributed by atoms with Crippen LogP contribution >= 0.6 is 22.6 Å². The van der Waals surface area contributed by atoms with E-state index in [4.69, 9.17) is 4.98 Å². The molecule has 0 radical (unpaired) electrons. The predicted octanol–water partition coefficient (Wildman–Crippen LogP) is 6.48. The average Bonchev–Trinajstić information content (AvgIpc) is 3.13. The van der Waals surface area contributed by atoms with E-state index in [1.165, 1.54) is 16.7 Å². The molecule has 0 aliphatic rings. The summed E-state index contributed by atoms with van der Waals surface area (Å²) in [7, 11) is 0. The zero-order valence-corrected chi connectivity index (χ0v) is 17.9. The molecule has 0 aliphatic heterocycles. The summed E-state index contributed by atoms with van der Waals surface area (Å²) in [6.45, 7) is 0. The first-order valence-corrected chi connectivity index (χ1v) is 10.7. The van der Waals surface area contributed by atoms with Crippen LogP contribution in [0.1, 0.15) is 16.7 Å². The molecule has 0 unspecified atom stereocenters.